The van der Waals surface area contributed by atoms with Crippen molar-refractivity contribution in [1.82, 2.24) is 20.2 Å². The summed E-state index contributed by atoms with van der Waals surface area (Å²) in [4.78, 5) is 27.5. The van der Waals surface area contributed by atoms with Crippen LogP contribution in [0.5, 0.6) is 0 Å². The molecule has 2 aliphatic heterocycles. The highest BCUT2D eigenvalue weighted by Gasteiger charge is 2.36. The topological polar surface area (TPSA) is 99.4 Å². The van der Waals surface area contributed by atoms with E-state index in [0.29, 0.717) is 25.0 Å². The Morgan fingerprint density at radius 2 is 1.64 bits per heavy atom. The Morgan fingerprint density at radius 1 is 0.897 bits per heavy atom. The lowest BCUT2D eigenvalue weighted by Crippen LogP contribution is -2.56. The number of anilines is 3. The van der Waals surface area contributed by atoms with Crippen LogP contribution in [0.3, 0.4) is 0 Å². The fourth-order valence-electron chi connectivity index (χ4n) is 6.79. The fourth-order valence-corrected chi connectivity index (χ4v) is 6.79. The number of nitrogens with one attached hydrogen (secondary N) is 2. The molecule has 212 valence electrons. The Morgan fingerprint density at radius 3 is 2.41 bits per heavy atom. The van der Waals surface area contributed by atoms with Gasteiger partial charge >= 0.3 is 0 Å². The zero-order valence-electron chi connectivity index (χ0n) is 23.5. The van der Waals surface area contributed by atoms with Crippen LogP contribution >= 0.6 is 0 Å². The van der Waals surface area contributed by atoms with Gasteiger partial charge in [-0.3, -0.25) is 9.69 Å². The van der Waals surface area contributed by atoms with Crippen molar-refractivity contribution in [3.8, 4) is 0 Å². The van der Waals surface area contributed by atoms with Gasteiger partial charge in [-0.2, -0.15) is 4.98 Å². The highest BCUT2D eigenvalue weighted by atomic mass is 16.1. The second-order valence-corrected chi connectivity index (χ2v) is 11.7. The Kier molecular flexibility index (Phi) is 9.92. The molecule has 39 heavy (non-hydrogen) atoms. The summed E-state index contributed by atoms with van der Waals surface area (Å²) in [6, 6.07) is 10.9. The molecule has 3 aliphatic rings. The number of carbonyl (C=O) groups is 1. The lowest BCUT2D eigenvalue weighted by Gasteiger charge is -2.47. The summed E-state index contributed by atoms with van der Waals surface area (Å²) in [5, 5.41) is 6.96. The van der Waals surface area contributed by atoms with Gasteiger partial charge in [-0.15, -0.1) is 0 Å². The lowest BCUT2D eigenvalue weighted by molar-refractivity contribution is -0.120. The second-order valence-electron chi connectivity index (χ2n) is 11.7. The smallest absolute Gasteiger partial charge is 0.224 e. The van der Waals surface area contributed by atoms with Gasteiger partial charge in [0, 0.05) is 49.6 Å². The molecule has 0 radical (unpaired) electrons. The molecular weight excluding hydrogens is 486 g/mol. The quantitative estimate of drug-likeness (QED) is 0.400. The molecule has 2 atom stereocenters. The highest BCUT2D eigenvalue weighted by Crippen LogP contribution is 2.31. The Bertz CT molecular complexity index is 1030. The van der Waals surface area contributed by atoms with Gasteiger partial charge in [-0.25, -0.2) is 4.98 Å². The molecular formula is C31H47N7O. The molecule has 3 heterocycles. The minimum atomic E-state index is 0.0674. The van der Waals surface area contributed by atoms with Crippen molar-refractivity contribution in [2.45, 2.75) is 102 Å². The van der Waals surface area contributed by atoms with Gasteiger partial charge in [-0.1, -0.05) is 44.2 Å². The van der Waals surface area contributed by atoms with Crippen molar-refractivity contribution in [3.05, 3.63) is 42.1 Å². The number of aromatic nitrogens is 2. The largest absolute Gasteiger partial charge is 0.399 e. The van der Waals surface area contributed by atoms with Gasteiger partial charge in [0.2, 0.25) is 11.9 Å². The molecule has 1 aliphatic carbocycles. The van der Waals surface area contributed by atoms with Gasteiger partial charge in [0.05, 0.1) is 6.42 Å². The van der Waals surface area contributed by atoms with Crippen LogP contribution in [0.4, 0.5) is 17.5 Å². The van der Waals surface area contributed by atoms with Crippen LogP contribution in [0.15, 0.2) is 36.5 Å². The average molecular weight is 534 g/mol. The van der Waals surface area contributed by atoms with E-state index in [1.165, 1.54) is 64.2 Å². The third-order valence-corrected chi connectivity index (χ3v) is 8.86. The van der Waals surface area contributed by atoms with E-state index in [0.717, 1.165) is 55.5 Å². The van der Waals surface area contributed by atoms with Crippen molar-refractivity contribution >= 4 is 23.4 Å². The first kappa shape index (κ1) is 27.7. The summed E-state index contributed by atoms with van der Waals surface area (Å²) in [6.07, 6.45) is 17.2. The first-order valence-electron chi connectivity index (χ1n) is 15.4. The molecule has 0 spiro atoms. The van der Waals surface area contributed by atoms with Crippen molar-refractivity contribution in [3.63, 3.8) is 0 Å². The molecule has 8 heteroatoms. The summed E-state index contributed by atoms with van der Waals surface area (Å²) in [7, 11) is 0. The van der Waals surface area contributed by atoms with Crippen molar-refractivity contribution in [2.24, 2.45) is 0 Å². The molecule has 1 aromatic heterocycles. The van der Waals surface area contributed by atoms with E-state index < -0.39 is 0 Å². The predicted molar refractivity (Wildman–Crippen MR) is 159 cm³/mol. The fraction of sp³-hybridized carbons (Fsp3) is 0.645. The van der Waals surface area contributed by atoms with Gasteiger partial charge in [0.25, 0.3) is 0 Å². The van der Waals surface area contributed by atoms with Crippen molar-refractivity contribution in [1.29, 1.82) is 0 Å². The van der Waals surface area contributed by atoms with E-state index in [9.17, 15) is 4.79 Å². The van der Waals surface area contributed by atoms with Gasteiger partial charge in [-0.05, 0) is 75.3 Å². The number of rotatable bonds is 9. The zero-order valence-corrected chi connectivity index (χ0v) is 23.5. The van der Waals surface area contributed by atoms with Crippen molar-refractivity contribution < 1.29 is 4.79 Å². The molecule has 3 fully saturated rings. The molecule has 1 amide bonds. The van der Waals surface area contributed by atoms with Gasteiger partial charge in [0.1, 0.15) is 5.82 Å². The number of amides is 1. The van der Waals surface area contributed by atoms with Crippen LogP contribution in [-0.4, -0.2) is 65.1 Å². The Balaban J connectivity index is 1.24. The second kappa shape index (κ2) is 14.0. The van der Waals surface area contributed by atoms with E-state index in [1.54, 1.807) is 0 Å². The minimum Gasteiger partial charge on any atom is -0.399 e. The number of hydrogen-bond acceptors (Lipinski definition) is 7. The monoisotopic (exact) mass is 533 g/mol. The first-order valence-corrected chi connectivity index (χ1v) is 15.4. The number of nitrogen functional groups attached to an aromatic ring is 1. The third kappa shape index (κ3) is 7.84. The molecule has 1 aromatic carbocycles. The molecule has 0 bridgehead atoms. The summed E-state index contributed by atoms with van der Waals surface area (Å²) in [5.41, 5.74) is 7.50. The van der Waals surface area contributed by atoms with Crippen LogP contribution in [-0.2, 0) is 11.2 Å². The van der Waals surface area contributed by atoms with Crippen LogP contribution in [0.1, 0.15) is 82.6 Å². The van der Waals surface area contributed by atoms with E-state index >= 15 is 0 Å². The van der Waals surface area contributed by atoms with Crippen LogP contribution < -0.4 is 21.3 Å². The summed E-state index contributed by atoms with van der Waals surface area (Å²) < 4.78 is 0. The number of nitrogens with two attached hydrogens (primary N) is 1. The summed E-state index contributed by atoms with van der Waals surface area (Å²) in [5.74, 6) is 1.85. The number of carbonyl (C=O) groups excluding carboxylic acids is 1. The maximum atomic E-state index is 12.7. The molecule has 2 saturated heterocycles. The predicted octanol–water partition coefficient (Wildman–Crippen LogP) is 4.77. The zero-order chi connectivity index (χ0) is 26.9. The number of hydrogen-bond donors (Lipinski definition) is 3. The van der Waals surface area contributed by atoms with Crippen LogP contribution in [0.25, 0.3) is 0 Å². The number of piperidine rings is 1. The Labute approximate surface area is 234 Å². The van der Waals surface area contributed by atoms with Crippen LogP contribution in [0.2, 0.25) is 0 Å². The maximum Gasteiger partial charge on any atom is 0.224 e. The van der Waals surface area contributed by atoms with Gasteiger partial charge < -0.3 is 21.3 Å². The SMILES string of the molecule is Nc1ccc(CC(=O)NCCC2C(Nc3nccc(N4CCCCCC4)n3)CCCN2C2CCCCC2)cc1. The maximum absolute atomic E-state index is 12.7. The molecule has 4 N–H and O–H groups in total. The van der Waals surface area contributed by atoms with E-state index in [4.69, 9.17) is 10.7 Å². The van der Waals surface area contributed by atoms with Gasteiger partial charge in [0.15, 0.2) is 0 Å². The minimum absolute atomic E-state index is 0.0674. The van der Waals surface area contributed by atoms with Crippen LogP contribution in [0, 0.1) is 0 Å². The number of benzene rings is 1. The molecule has 2 unspecified atom stereocenters. The number of likely N-dealkylation sites (tertiary alicyclic amines) is 1. The summed E-state index contributed by atoms with van der Waals surface area (Å²) in [6.45, 7) is 3.97. The lowest BCUT2D eigenvalue weighted by atomic mass is 9.87. The normalized spacial score (nSPS) is 23.2. The van der Waals surface area contributed by atoms with E-state index in [1.807, 2.05) is 30.5 Å². The standard InChI is InChI=1S/C31H47N7O/c32-25-14-12-24(13-15-25)23-30(39)33-18-16-28-27(11-8-22-38(28)26-9-4-3-5-10-26)35-31-34-19-17-29(36-31)37-20-6-1-2-7-21-37/h12-15,17,19,26-28H,1-11,16,18,20-23,32H2,(H,33,39)(H,34,35,36). The highest BCUT2D eigenvalue weighted by molar-refractivity contribution is 5.78. The Hall–Kier alpha value is -2.87. The van der Waals surface area contributed by atoms with E-state index in [2.05, 4.69) is 31.5 Å². The average Bonchev–Trinajstić information content (AvgIpc) is 3.26. The van der Waals surface area contributed by atoms with Crippen molar-refractivity contribution in [2.75, 3.05) is 42.1 Å². The van der Waals surface area contributed by atoms with E-state index in [-0.39, 0.29) is 11.9 Å². The third-order valence-electron chi connectivity index (χ3n) is 8.86. The molecule has 8 nitrogen and oxygen atoms in total. The number of nitrogens with zero attached hydrogens (tertiary/aromatic N) is 4. The molecule has 5 rings (SSSR count). The summed E-state index contributed by atoms with van der Waals surface area (Å²) >= 11 is 0. The first-order chi connectivity index (χ1) is 19.2. The molecule has 2 aromatic rings. The molecule has 1 saturated carbocycles.